The first-order chi connectivity index (χ1) is 7.16. The average Bonchev–Trinajstić information content (AvgIpc) is 2.19. The molecule has 4 nitrogen and oxygen atoms in total. The van der Waals surface area contributed by atoms with Gasteiger partial charge >= 0.3 is 5.97 Å². The van der Waals surface area contributed by atoms with Gasteiger partial charge in [0.05, 0.1) is 6.61 Å². The lowest BCUT2D eigenvalue weighted by atomic mass is 10.1. The van der Waals surface area contributed by atoms with E-state index >= 15 is 0 Å². The summed E-state index contributed by atoms with van der Waals surface area (Å²) in [5.41, 5.74) is 0.897. The van der Waals surface area contributed by atoms with Gasteiger partial charge < -0.3 is 4.74 Å². The van der Waals surface area contributed by atoms with Crippen LogP contribution in [0, 0.1) is 0 Å². The van der Waals surface area contributed by atoms with Crippen LogP contribution in [0.1, 0.15) is 18.5 Å². The summed E-state index contributed by atoms with van der Waals surface area (Å²) in [5.74, 6) is -0.228. The van der Waals surface area contributed by atoms with Crippen molar-refractivity contribution in [3.05, 3.63) is 30.1 Å². The van der Waals surface area contributed by atoms with Gasteiger partial charge in [0.25, 0.3) is 0 Å². The molecule has 1 heterocycles. The zero-order valence-electron chi connectivity index (χ0n) is 9.30. The Balaban J connectivity index is 2.88. The maximum atomic E-state index is 11.7. The highest BCUT2D eigenvalue weighted by atomic mass is 16.5. The van der Waals surface area contributed by atoms with E-state index in [4.69, 9.17) is 4.74 Å². The molecule has 0 bridgehead atoms. The number of ether oxygens (including phenoxy) is 1. The average molecular weight is 208 g/mol. The van der Waals surface area contributed by atoms with Gasteiger partial charge in [-0.2, -0.15) is 0 Å². The van der Waals surface area contributed by atoms with E-state index in [1.54, 1.807) is 19.3 Å². The number of likely N-dealkylation sites (N-methyl/N-ethyl adjacent to an activating group) is 1. The molecule has 1 aromatic heterocycles. The minimum Gasteiger partial charge on any atom is -0.465 e. The number of hydrogen-bond acceptors (Lipinski definition) is 4. The van der Waals surface area contributed by atoms with E-state index in [0.29, 0.717) is 6.61 Å². The van der Waals surface area contributed by atoms with Crippen molar-refractivity contribution in [1.82, 2.24) is 9.88 Å². The van der Waals surface area contributed by atoms with Gasteiger partial charge in [-0.3, -0.25) is 9.88 Å². The molecule has 15 heavy (non-hydrogen) atoms. The number of carbonyl (C=O) groups is 1. The first-order valence-corrected chi connectivity index (χ1v) is 4.89. The maximum absolute atomic E-state index is 11.7. The molecule has 82 valence electrons. The molecule has 1 atom stereocenters. The molecule has 1 rings (SSSR count). The fourth-order valence-electron chi connectivity index (χ4n) is 1.41. The van der Waals surface area contributed by atoms with E-state index in [0.717, 1.165) is 5.56 Å². The summed E-state index contributed by atoms with van der Waals surface area (Å²) in [6.07, 6.45) is 3.34. The molecule has 0 aliphatic rings. The summed E-state index contributed by atoms with van der Waals surface area (Å²) in [4.78, 5) is 17.4. The molecule has 0 aromatic carbocycles. The van der Waals surface area contributed by atoms with Gasteiger partial charge in [0.2, 0.25) is 0 Å². The van der Waals surface area contributed by atoms with Gasteiger partial charge in [0.15, 0.2) is 0 Å². The Labute approximate surface area is 89.9 Å². The van der Waals surface area contributed by atoms with Crippen LogP contribution in [-0.4, -0.2) is 36.6 Å². The van der Waals surface area contributed by atoms with E-state index in [-0.39, 0.29) is 12.0 Å². The van der Waals surface area contributed by atoms with E-state index in [9.17, 15) is 4.79 Å². The first kappa shape index (κ1) is 11.7. The molecule has 0 saturated carbocycles. The molecule has 0 fully saturated rings. The fraction of sp³-hybridized carbons (Fsp3) is 0.455. The SMILES string of the molecule is CCOC(=O)C(c1ccncc1)N(C)C. The van der Waals surface area contributed by atoms with Crippen LogP contribution in [-0.2, 0) is 9.53 Å². The lowest BCUT2D eigenvalue weighted by molar-refractivity contribution is -0.148. The Kier molecular flexibility index (Phi) is 4.24. The fourth-order valence-corrected chi connectivity index (χ4v) is 1.41. The normalized spacial score (nSPS) is 12.5. The lowest BCUT2D eigenvalue weighted by Crippen LogP contribution is -2.29. The smallest absolute Gasteiger partial charge is 0.327 e. The van der Waals surface area contributed by atoms with Crippen LogP contribution in [0.2, 0.25) is 0 Å². The van der Waals surface area contributed by atoms with Crippen molar-refractivity contribution >= 4 is 5.97 Å². The summed E-state index contributed by atoms with van der Waals surface area (Å²) in [6.45, 7) is 2.20. The molecule has 0 aliphatic heterocycles. The number of nitrogens with zero attached hydrogens (tertiary/aromatic N) is 2. The molecule has 1 unspecified atom stereocenters. The highest BCUT2D eigenvalue weighted by Crippen LogP contribution is 2.18. The first-order valence-electron chi connectivity index (χ1n) is 4.89. The van der Waals surface area contributed by atoms with Crippen molar-refractivity contribution in [2.24, 2.45) is 0 Å². The Bertz CT molecular complexity index is 312. The summed E-state index contributed by atoms with van der Waals surface area (Å²) >= 11 is 0. The van der Waals surface area contributed by atoms with Crippen LogP contribution in [0.5, 0.6) is 0 Å². The summed E-state index contributed by atoms with van der Waals surface area (Å²) in [7, 11) is 3.70. The van der Waals surface area contributed by atoms with Gasteiger partial charge in [-0.25, -0.2) is 4.79 Å². The third-order valence-electron chi connectivity index (χ3n) is 2.05. The quantitative estimate of drug-likeness (QED) is 0.698. The predicted octanol–water partition coefficient (Wildman–Crippen LogP) is 1.25. The molecule has 4 heteroatoms. The number of hydrogen-bond donors (Lipinski definition) is 0. The third-order valence-corrected chi connectivity index (χ3v) is 2.05. The van der Waals surface area contributed by atoms with Crippen LogP contribution >= 0.6 is 0 Å². The lowest BCUT2D eigenvalue weighted by Gasteiger charge is -2.22. The van der Waals surface area contributed by atoms with Gasteiger partial charge in [0.1, 0.15) is 6.04 Å². The van der Waals surface area contributed by atoms with Crippen LogP contribution < -0.4 is 0 Å². The molecular weight excluding hydrogens is 192 g/mol. The standard InChI is InChI=1S/C11H16N2O2/c1-4-15-11(14)10(13(2)3)9-5-7-12-8-6-9/h5-8,10H,4H2,1-3H3. The molecule has 0 radical (unpaired) electrons. The van der Waals surface area contributed by atoms with E-state index in [1.165, 1.54) is 0 Å². The van der Waals surface area contributed by atoms with E-state index in [2.05, 4.69) is 4.98 Å². The minimum absolute atomic E-state index is 0.228. The molecule has 0 saturated heterocycles. The Morgan fingerprint density at radius 3 is 2.53 bits per heavy atom. The Hall–Kier alpha value is -1.42. The number of carbonyl (C=O) groups excluding carboxylic acids is 1. The molecular formula is C11H16N2O2. The van der Waals surface area contributed by atoms with Gasteiger partial charge in [-0.05, 0) is 38.7 Å². The van der Waals surface area contributed by atoms with Crippen molar-refractivity contribution in [1.29, 1.82) is 0 Å². The molecule has 0 amide bonds. The van der Waals surface area contributed by atoms with E-state index in [1.807, 2.05) is 31.1 Å². The summed E-state index contributed by atoms with van der Waals surface area (Å²) in [6, 6.07) is 3.29. The van der Waals surface area contributed by atoms with Gasteiger partial charge in [0, 0.05) is 12.4 Å². The largest absolute Gasteiger partial charge is 0.465 e. The van der Waals surface area contributed by atoms with Crippen molar-refractivity contribution in [2.45, 2.75) is 13.0 Å². The predicted molar refractivity (Wildman–Crippen MR) is 57.3 cm³/mol. The number of pyridine rings is 1. The molecule has 1 aromatic rings. The number of aromatic nitrogens is 1. The molecule has 0 aliphatic carbocycles. The zero-order valence-corrected chi connectivity index (χ0v) is 9.30. The monoisotopic (exact) mass is 208 g/mol. The number of rotatable bonds is 4. The van der Waals surface area contributed by atoms with Gasteiger partial charge in [-0.15, -0.1) is 0 Å². The third kappa shape index (κ3) is 3.02. The Morgan fingerprint density at radius 1 is 1.47 bits per heavy atom. The second kappa shape index (κ2) is 5.46. The maximum Gasteiger partial charge on any atom is 0.327 e. The Morgan fingerprint density at radius 2 is 2.07 bits per heavy atom. The van der Waals surface area contributed by atoms with Crippen molar-refractivity contribution < 1.29 is 9.53 Å². The van der Waals surface area contributed by atoms with Crippen LogP contribution in [0.25, 0.3) is 0 Å². The van der Waals surface area contributed by atoms with Crippen molar-refractivity contribution in [3.8, 4) is 0 Å². The van der Waals surface area contributed by atoms with Crippen molar-refractivity contribution in [2.75, 3.05) is 20.7 Å². The molecule has 0 spiro atoms. The van der Waals surface area contributed by atoms with Crippen LogP contribution in [0.15, 0.2) is 24.5 Å². The topological polar surface area (TPSA) is 42.4 Å². The highest BCUT2D eigenvalue weighted by Gasteiger charge is 2.23. The highest BCUT2D eigenvalue weighted by molar-refractivity contribution is 5.77. The summed E-state index contributed by atoms with van der Waals surface area (Å²) < 4.78 is 5.02. The summed E-state index contributed by atoms with van der Waals surface area (Å²) in [5, 5.41) is 0. The minimum atomic E-state index is -0.354. The second-order valence-electron chi connectivity index (χ2n) is 3.40. The van der Waals surface area contributed by atoms with Crippen LogP contribution in [0.3, 0.4) is 0 Å². The van der Waals surface area contributed by atoms with Crippen molar-refractivity contribution in [3.63, 3.8) is 0 Å². The zero-order chi connectivity index (χ0) is 11.3. The second-order valence-corrected chi connectivity index (χ2v) is 3.40. The molecule has 0 N–H and O–H groups in total. The van der Waals surface area contributed by atoms with E-state index < -0.39 is 0 Å². The number of esters is 1. The van der Waals surface area contributed by atoms with Gasteiger partial charge in [-0.1, -0.05) is 0 Å². The van der Waals surface area contributed by atoms with Crippen LogP contribution in [0.4, 0.5) is 0 Å².